The highest BCUT2D eigenvalue weighted by Gasteiger charge is 2.21. The van der Waals surface area contributed by atoms with Gasteiger partial charge in [0.05, 0.1) is 0 Å². The van der Waals surface area contributed by atoms with E-state index in [4.69, 9.17) is 0 Å². The van der Waals surface area contributed by atoms with E-state index >= 15 is 0 Å². The predicted octanol–water partition coefficient (Wildman–Crippen LogP) is 4.18. The summed E-state index contributed by atoms with van der Waals surface area (Å²) in [6, 6.07) is 11.1. The summed E-state index contributed by atoms with van der Waals surface area (Å²) in [4.78, 5) is 0. The summed E-state index contributed by atoms with van der Waals surface area (Å²) in [6.45, 7) is 6.70. The van der Waals surface area contributed by atoms with Crippen molar-refractivity contribution in [3.63, 3.8) is 0 Å². The number of rotatable bonds is 0. The lowest BCUT2D eigenvalue weighted by Gasteiger charge is -2.11. The van der Waals surface area contributed by atoms with Gasteiger partial charge in [-0.15, -0.1) is 0 Å². The van der Waals surface area contributed by atoms with Gasteiger partial charge in [-0.25, -0.2) is 0 Å². The van der Waals surface area contributed by atoms with E-state index in [1.54, 1.807) is 0 Å². The van der Waals surface area contributed by atoms with Crippen LogP contribution in [0.3, 0.4) is 0 Å². The van der Waals surface area contributed by atoms with E-state index in [0.717, 1.165) is 6.42 Å². The molecule has 0 fully saturated rings. The molecule has 0 heterocycles. The normalized spacial score (nSPS) is 12.4. The molecule has 0 heteroatoms. The molecule has 1 aliphatic rings. The van der Waals surface area contributed by atoms with Gasteiger partial charge in [0.15, 0.2) is 0 Å². The first-order chi connectivity index (χ1) is 7.68. The SMILES string of the molecule is Cc1cc2c(c(C)c1C)-c1ccccc1C2. The summed E-state index contributed by atoms with van der Waals surface area (Å²) in [7, 11) is 0. The minimum absolute atomic E-state index is 1.10. The molecule has 0 unspecified atom stereocenters. The first kappa shape index (κ1) is 9.65. The highest BCUT2D eigenvalue weighted by Crippen LogP contribution is 2.40. The van der Waals surface area contributed by atoms with Crippen LogP contribution >= 0.6 is 0 Å². The molecule has 0 aromatic heterocycles. The highest BCUT2D eigenvalue weighted by atomic mass is 14.2. The van der Waals surface area contributed by atoms with Crippen LogP contribution in [0.4, 0.5) is 0 Å². The van der Waals surface area contributed by atoms with Gasteiger partial charge in [-0.3, -0.25) is 0 Å². The van der Waals surface area contributed by atoms with Gasteiger partial charge >= 0.3 is 0 Å². The molecule has 3 rings (SSSR count). The van der Waals surface area contributed by atoms with Crippen molar-refractivity contribution in [1.82, 2.24) is 0 Å². The number of fused-ring (bicyclic) bond motifs is 3. The van der Waals surface area contributed by atoms with E-state index < -0.39 is 0 Å². The molecule has 2 aromatic carbocycles. The summed E-state index contributed by atoms with van der Waals surface area (Å²) in [5.74, 6) is 0. The molecule has 16 heavy (non-hydrogen) atoms. The number of hydrogen-bond donors (Lipinski definition) is 0. The first-order valence-corrected chi connectivity index (χ1v) is 5.86. The van der Waals surface area contributed by atoms with Crippen molar-refractivity contribution in [2.75, 3.05) is 0 Å². The lowest BCUT2D eigenvalue weighted by atomic mass is 9.93. The molecular weight excluding hydrogens is 192 g/mol. The predicted molar refractivity (Wildman–Crippen MR) is 68.9 cm³/mol. The maximum Gasteiger partial charge on any atom is -0.00132 e. The highest BCUT2D eigenvalue weighted by molar-refractivity contribution is 5.80. The molecule has 0 atom stereocenters. The average Bonchev–Trinajstić information content (AvgIpc) is 2.64. The fourth-order valence-electron chi connectivity index (χ4n) is 2.80. The molecule has 0 radical (unpaired) electrons. The Balaban J connectivity index is 2.36. The van der Waals surface area contributed by atoms with Gasteiger partial charge in [0.1, 0.15) is 0 Å². The quantitative estimate of drug-likeness (QED) is 0.520. The largest absolute Gasteiger partial charge is 0.0619 e. The fourth-order valence-corrected chi connectivity index (χ4v) is 2.80. The van der Waals surface area contributed by atoms with Crippen LogP contribution in [0.1, 0.15) is 27.8 Å². The van der Waals surface area contributed by atoms with Gasteiger partial charge in [-0.1, -0.05) is 30.3 Å². The van der Waals surface area contributed by atoms with E-state index in [1.807, 2.05) is 0 Å². The smallest absolute Gasteiger partial charge is 0.00132 e. The average molecular weight is 208 g/mol. The van der Waals surface area contributed by atoms with E-state index in [2.05, 4.69) is 51.1 Å². The Morgan fingerprint density at radius 2 is 1.62 bits per heavy atom. The lowest BCUT2D eigenvalue weighted by molar-refractivity contribution is 1.20. The van der Waals surface area contributed by atoms with Crippen molar-refractivity contribution in [3.8, 4) is 11.1 Å². The maximum absolute atomic E-state index is 2.36. The topological polar surface area (TPSA) is 0 Å². The van der Waals surface area contributed by atoms with Crippen molar-refractivity contribution < 1.29 is 0 Å². The Morgan fingerprint density at radius 1 is 0.875 bits per heavy atom. The maximum atomic E-state index is 2.36. The van der Waals surface area contributed by atoms with Crippen molar-refractivity contribution >= 4 is 0 Å². The number of aryl methyl sites for hydroxylation is 1. The Labute approximate surface area is 96.9 Å². The summed E-state index contributed by atoms with van der Waals surface area (Å²) in [5, 5.41) is 0. The van der Waals surface area contributed by atoms with Crippen molar-refractivity contribution in [3.05, 3.63) is 58.1 Å². The van der Waals surface area contributed by atoms with Gasteiger partial charge in [0.2, 0.25) is 0 Å². The third-order valence-electron chi connectivity index (χ3n) is 3.91. The zero-order chi connectivity index (χ0) is 11.3. The summed E-state index contributed by atoms with van der Waals surface area (Å²) >= 11 is 0. The second kappa shape index (κ2) is 3.21. The molecule has 1 aliphatic carbocycles. The van der Waals surface area contributed by atoms with Crippen LogP contribution in [-0.4, -0.2) is 0 Å². The third-order valence-corrected chi connectivity index (χ3v) is 3.91. The molecule has 0 amide bonds. The monoisotopic (exact) mass is 208 g/mol. The molecule has 0 spiro atoms. The van der Waals surface area contributed by atoms with Crippen molar-refractivity contribution in [1.29, 1.82) is 0 Å². The standard InChI is InChI=1S/C16H16/c1-10-8-14-9-13-6-4-5-7-15(13)16(14)12(3)11(10)2/h4-8H,9H2,1-3H3. The first-order valence-electron chi connectivity index (χ1n) is 5.86. The summed E-state index contributed by atoms with van der Waals surface area (Å²) in [5.41, 5.74) is 10.2. The van der Waals surface area contributed by atoms with Gasteiger partial charge in [-0.2, -0.15) is 0 Å². The Hall–Kier alpha value is -1.56. The van der Waals surface area contributed by atoms with Crippen molar-refractivity contribution in [2.45, 2.75) is 27.2 Å². The van der Waals surface area contributed by atoms with Gasteiger partial charge < -0.3 is 0 Å². The molecule has 80 valence electrons. The van der Waals surface area contributed by atoms with Crippen LogP contribution in [-0.2, 0) is 6.42 Å². The Kier molecular flexibility index (Phi) is 1.94. The van der Waals surface area contributed by atoms with E-state index in [0.29, 0.717) is 0 Å². The molecule has 2 aromatic rings. The minimum Gasteiger partial charge on any atom is -0.0619 e. The Morgan fingerprint density at radius 3 is 2.44 bits per heavy atom. The second-order valence-corrected chi connectivity index (χ2v) is 4.81. The summed E-state index contributed by atoms with van der Waals surface area (Å²) < 4.78 is 0. The fraction of sp³-hybridized carbons (Fsp3) is 0.250. The van der Waals surface area contributed by atoms with Crippen LogP contribution in [0.5, 0.6) is 0 Å². The van der Waals surface area contributed by atoms with E-state index in [1.165, 1.54) is 38.9 Å². The molecule has 0 bridgehead atoms. The van der Waals surface area contributed by atoms with Crippen LogP contribution in [0.2, 0.25) is 0 Å². The molecule has 0 saturated carbocycles. The van der Waals surface area contributed by atoms with Crippen LogP contribution in [0, 0.1) is 20.8 Å². The minimum atomic E-state index is 1.10. The number of benzene rings is 2. The Bertz CT molecular complexity index is 577. The molecule has 0 saturated heterocycles. The third kappa shape index (κ3) is 1.16. The molecule has 0 nitrogen and oxygen atoms in total. The van der Waals surface area contributed by atoms with Gasteiger partial charge in [0, 0.05) is 0 Å². The van der Waals surface area contributed by atoms with Crippen LogP contribution in [0.25, 0.3) is 11.1 Å². The molecule has 0 N–H and O–H groups in total. The molecular formula is C16H16. The van der Waals surface area contributed by atoms with Crippen molar-refractivity contribution in [2.24, 2.45) is 0 Å². The van der Waals surface area contributed by atoms with E-state index in [-0.39, 0.29) is 0 Å². The molecule has 0 aliphatic heterocycles. The van der Waals surface area contributed by atoms with Gasteiger partial charge in [0.25, 0.3) is 0 Å². The van der Waals surface area contributed by atoms with E-state index in [9.17, 15) is 0 Å². The van der Waals surface area contributed by atoms with Crippen LogP contribution < -0.4 is 0 Å². The number of hydrogen-bond acceptors (Lipinski definition) is 0. The summed E-state index contributed by atoms with van der Waals surface area (Å²) in [6.07, 6.45) is 1.10. The zero-order valence-electron chi connectivity index (χ0n) is 10.1. The van der Waals surface area contributed by atoms with Gasteiger partial charge in [-0.05, 0) is 66.1 Å². The second-order valence-electron chi connectivity index (χ2n) is 4.81. The zero-order valence-corrected chi connectivity index (χ0v) is 10.1. The van der Waals surface area contributed by atoms with Crippen LogP contribution in [0.15, 0.2) is 30.3 Å². The lowest BCUT2D eigenvalue weighted by Crippen LogP contribution is -1.92.